The molecule has 0 saturated heterocycles. The Hall–Kier alpha value is -2.29. The summed E-state index contributed by atoms with van der Waals surface area (Å²) in [6.07, 6.45) is 9.24. The van der Waals surface area contributed by atoms with Crippen LogP contribution in [0.5, 0.6) is 0 Å². The predicted octanol–water partition coefficient (Wildman–Crippen LogP) is 3.17. The maximum atomic E-state index is 11.4. The van der Waals surface area contributed by atoms with Crippen LogP contribution in [0.15, 0.2) is 57.8 Å². The summed E-state index contributed by atoms with van der Waals surface area (Å²) < 4.78 is 10.1. The van der Waals surface area contributed by atoms with E-state index in [0.717, 1.165) is 0 Å². The highest BCUT2D eigenvalue weighted by atomic mass is 16.3. The molecule has 0 bridgehead atoms. The van der Waals surface area contributed by atoms with Crippen molar-refractivity contribution in [3.63, 3.8) is 0 Å². The lowest BCUT2D eigenvalue weighted by Crippen LogP contribution is -1.83. The quantitative estimate of drug-likeness (QED) is 0.734. The second-order valence-corrected chi connectivity index (χ2v) is 3.10. The van der Waals surface area contributed by atoms with Crippen LogP contribution in [0, 0.1) is 0 Å². The van der Waals surface area contributed by atoms with Gasteiger partial charge in [-0.05, 0) is 48.6 Å². The van der Waals surface area contributed by atoms with Crippen molar-refractivity contribution in [3.05, 3.63) is 60.5 Å². The van der Waals surface area contributed by atoms with Gasteiger partial charge in [0, 0.05) is 0 Å². The van der Waals surface area contributed by atoms with Gasteiger partial charge in [0.05, 0.1) is 12.5 Å². The van der Waals surface area contributed by atoms with Crippen LogP contribution in [0.3, 0.4) is 0 Å². The van der Waals surface area contributed by atoms with E-state index in [9.17, 15) is 4.79 Å². The molecule has 0 aliphatic rings. The second kappa shape index (κ2) is 4.98. The molecule has 0 aliphatic heterocycles. The minimum Gasteiger partial charge on any atom is -0.465 e. The normalized spacial score (nSPS) is 11.5. The van der Waals surface area contributed by atoms with Crippen LogP contribution in [0.4, 0.5) is 0 Å². The minimum absolute atomic E-state index is 0.118. The van der Waals surface area contributed by atoms with Gasteiger partial charge < -0.3 is 8.83 Å². The van der Waals surface area contributed by atoms with Gasteiger partial charge in [-0.3, -0.25) is 4.79 Å². The first-order valence-electron chi connectivity index (χ1n) is 4.82. The van der Waals surface area contributed by atoms with E-state index in [4.69, 9.17) is 8.83 Å². The van der Waals surface area contributed by atoms with Crippen LogP contribution in [0.1, 0.15) is 11.5 Å². The number of rotatable bonds is 4. The number of hydrogen-bond donors (Lipinski definition) is 0. The highest BCUT2D eigenvalue weighted by Crippen LogP contribution is 2.04. The Labute approximate surface area is 92.7 Å². The fourth-order valence-electron chi connectivity index (χ4n) is 1.16. The largest absolute Gasteiger partial charge is 0.465 e. The van der Waals surface area contributed by atoms with E-state index in [-0.39, 0.29) is 5.78 Å². The van der Waals surface area contributed by atoms with Gasteiger partial charge in [-0.15, -0.1) is 0 Å². The summed E-state index contributed by atoms with van der Waals surface area (Å²) in [5, 5.41) is 0. The van der Waals surface area contributed by atoms with Gasteiger partial charge in [-0.25, -0.2) is 0 Å². The lowest BCUT2D eigenvalue weighted by Gasteiger charge is -1.84. The molecule has 80 valence electrons. The molecule has 0 N–H and O–H groups in total. The fraction of sp³-hybridized carbons (Fsp3) is 0. The monoisotopic (exact) mass is 214 g/mol. The Bertz CT molecular complexity index is 441. The molecule has 0 aliphatic carbocycles. The third kappa shape index (κ3) is 2.85. The smallest absolute Gasteiger partial charge is 0.178 e. The molecule has 0 unspecified atom stereocenters. The van der Waals surface area contributed by atoms with Crippen molar-refractivity contribution in [2.75, 3.05) is 0 Å². The van der Waals surface area contributed by atoms with Crippen molar-refractivity contribution < 1.29 is 13.6 Å². The number of hydrogen-bond acceptors (Lipinski definition) is 3. The molecular weight excluding hydrogens is 204 g/mol. The molecule has 0 spiro atoms. The SMILES string of the molecule is O=C(C=Cc1ccco1)/C=C/c1ccco1. The van der Waals surface area contributed by atoms with Crippen LogP contribution >= 0.6 is 0 Å². The lowest BCUT2D eigenvalue weighted by atomic mass is 10.3. The van der Waals surface area contributed by atoms with Crippen molar-refractivity contribution in [3.8, 4) is 0 Å². The minimum atomic E-state index is -0.118. The summed E-state index contributed by atoms with van der Waals surface area (Å²) in [7, 11) is 0. The van der Waals surface area contributed by atoms with Crippen molar-refractivity contribution in [2.45, 2.75) is 0 Å². The number of allylic oxidation sites excluding steroid dienone is 2. The number of carbonyl (C=O) groups is 1. The molecule has 2 heterocycles. The standard InChI is InChI=1S/C13H10O3/c14-11(5-7-12-3-1-9-15-12)6-8-13-4-2-10-16-13/h1-10H/b7-5+,8-6?. The summed E-state index contributed by atoms with van der Waals surface area (Å²) >= 11 is 0. The van der Waals surface area contributed by atoms with E-state index in [0.29, 0.717) is 11.5 Å². The van der Waals surface area contributed by atoms with E-state index >= 15 is 0 Å². The molecule has 2 rings (SSSR count). The van der Waals surface area contributed by atoms with Gasteiger partial charge >= 0.3 is 0 Å². The van der Waals surface area contributed by atoms with Crippen molar-refractivity contribution in [1.29, 1.82) is 0 Å². The molecule has 16 heavy (non-hydrogen) atoms. The van der Waals surface area contributed by atoms with E-state index in [1.165, 1.54) is 12.2 Å². The molecular formula is C13H10O3. The van der Waals surface area contributed by atoms with Gasteiger partial charge in [0.2, 0.25) is 0 Å². The first kappa shape index (κ1) is 10.2. The fourth-order valence-corrected chi connectivity index (χ4v) is 1.16. The van der Waals surface area contributed by atoms with Gasteiger partial charge in [-0.2, -0.15) is 0 Å². The zero-order valence-corrected chi connectivity index (χ0v) is 8.50. The van der Waals surface area contributed by atoms with Crippen LogP contribution in [-0.4, -0.2) is 5.78 Å². The zero-order chi connectivity index (χ0) is 11.2. The molecule has 0 amide bonds. The third-order valence-electron chi connectivity index (χ3n) is 1.91. The van der Waals surface area contributed by atoms with Crippen LogP contribution in [0.2, 0.25) is 0 Å². The van der Waals surface area contributed by atoms with Crippen molar-refractivity contribution in [1.82, 2.24) is 0 Å². The molecule has 2 aromatic rings. The molecule has 0 radical (unpaired) electrons. The van der Waals surface area contributed by atoms with E-state index < -0.39 is 0 Å². The van der Waals surface area contributed by atoms with Crippen molar-refractivity contribution >= 4 is 17.9 Å². The predicted molar refractivity (Wildman–Crippen MR) is 60.5 cm³/mol. The first-order valence-corrected chi connectivity index (χ1v) is 4.82. The van der Waals surface area contributed by atoms with Gasteiger partial charge in [0.15, 0.2) is 5.78 Å². The number of furan rings is 2. The Morgan fingerprint density at radius 3 is 1.81 bits per heavy atom. The Balaban J connectivity index is 1.94. The average Bonchev–Trinajstić information content (AvgIpc) is 2.96. The highest BCUT2D eigenvalue weighted by Gasteiger charge is 1.93. The summed E-state index contributed by atoms with van der Waals surface area (Å²) in [4.78, 5) is 11.4. The Morgan fingerprint density at radius 1 is 0.938 bits per heavy atom. The van der Waals surface area contributed by atoms with E-state index in [2.05, 4.69) is 0 Å². The van der Waals surface area contributed by atoms with E-state index in [1.54, 1.807) is 48.9 Å². The Kier molecular flexibility index (Phi) is 3.18. The average molecular weight is 214 g/mol. The first-order chi connectivity index (χ1) is 7.84. The second-order valence-electron chi connectivity index (χ2n) is 3.10. The van der Waals surface area contributed by atoms with Crippen molar-refractivity contribution in [2.24, 2.45) is 0 Å². The summed E-state index contributed by atoms with van der Waals surface area (Å²) in [6, 6.07) is 7.09. The van der Waals surface area contributed by atoms with Crippen LogP contribution in [0.25, 0.3) is 12.2 Å². The molecule has 0 atom stereocenters. The topological polar surface area (TPSA) is 43.4 Å². The van der Waals surface area contributed by atoms with Gasteiger partial charge in [-0.1, -0.05) is 0 Å². The molecule has 0 aromatic carbocycles. The third-order valence-corrected chi connectivity index (χ3v) is 1.91. The summed E-state index contributed by atoms with van der Waals surface area (Å²) in [6.45, 7) is 0. The summed E-state index contributed by atoms with van der Waals surface area (Å²) in [5.41, 5.74) is 0. The van der Waals surface area contributed by atoms with E-state index in [1.807, 2.05) is 0 Å². The molecule has 0 fully saturated rings. The highest BCUT2D eigenvalue weighted by molar-refractivity contribution is 6.04. The number of carbonyl (C=O) groups excluding carboxylic acids is 1. The van der Waals surface area contributed by atoms with Gasteiger partial charge in [0.1, 0.15) is 11.5 Å². The zero-order valence-electron chi connectivity index (χ0n) is 8.50. The lowest BCUT2D eigenvalue weighted by molar-refractivity contribution is -0.110. The molecule has 2 aromatic heterocycles. The molecule has 0 saturated carbocycles. The van der Waals surface area contributed by atoms with Crippen LogP contribution in [-0.2, 0) is 4.79 Å². The number of ketones is 1. The maximum absolute atomic E-state index is 11.4. The molecule has 3 nitrogen and oxygen atoms in total. The summed E-state index contributed by atoms with van der Waals surface area (Å²) in [5.74, 6) is 1.19. The Morgan fingerprint density at radius 2 is 1.44 bits per heavy atom. The maximum Gasteiger partial charge on any atom is 0.178 e. The van der Waals surface area contributed by atoms with Crippen LogP contribution < -0.4 is 0 Å². The van der Waals surface area contributed by atoms with Gasteiger partial charge in [0.25, 0.3) is 0 Å². The molecule has 3 heteroatoms.